The van der Waals surface area contributed by atoms with E-state index in [0.717, 1.165) is 34.5 Å². The lowest BCUT2D eigenvalue weighted by Gasteiger charge is -2.14. The van der Waals surface area contributed by atoms with Gasteiger partial charge in [-0.1, -0.05) is 12.1 Å². The van der Waals surface area contributed by atoms with Crippen molar-refractivity contribution in [1.82, 2.24) is 4.90 Å². The molecule has 0 aromatic heterocycles. The Labute approximate surface area is 130 Å². The van der Waals surface area contributed by atoms with E-state index < -0.39 is 0 Å². The first-order valence-electron chi connectivity index (χ1n) is 7.51. The number of benzene rings is 2. The van der Waals surface area contributed by atoms with Crippen molar-refractivity contribution < 1.29 is 9.13 Å². The van der Waals surface area contributed by atoms with Gasteiger partial charge in [0.1, 0.15) is 18.2 Å². The molecule has 1 unspecified atom stereocenters. The van der Waals surface area contributed by atoms with Gasteiger partial charge in [0.25, 0.3) is 0 Å². The van der Waals surface area contributed by atoms with Gasteiger partial charge in [-0.05, 0) is 60.6 Å². The Bertz CT molecular complexity index is 685. The van der Waals surface area contributed by atoms with Gasteiger partial charge in [-0.25, -0.2) is 4.39 Å². The second-order valence-corrected chi connectivity index (χ2v) is 5.92. The van der Waals surface area contributed by atoms with Crippen LogP contribution in [-0.4, -0.2) is 38.7 Å². The molecule has 1 atom stereocenters. The van der Waals surface area contributed by atoms with Crippen molar-refractivity contribution in [2.45, 2.75) is 5.92 Å². The fraction of sp³-hybridized carbons (Fsp3) is 0.333. The van der Waals surface area contributed by atoms with Crippen molar-refractivity contribution >= 4 is 0 Å². The van der Waals surface area contributed by atoms with Gasteiger partial charge < -0.3 is 15.4 Å². The second-order valence-electron chi connectivity index (χ2n) is 5.92. The van der Waals surface area contributed by atoms with Gasteiger partial charge in [0.15, 0.2) is 0 Å². The van der Waals surface area contributed by atoms with Crippen LogP contribution in [0.15, 0.2) is 36.4 Å². The molecule has 0 bridgehead atoms. The van der Waals surface area contributed by atoms with Crippen molar-refractivity contribution in [3.05, 3.63) is 53.3 Å². The van der Waals surface area contributed by atoms with E-state index >= 15 is 0 Å². The molecular weight excluding hydrogens is 279 g/mol. The van der Waals surface area contributed by atoms with Gasteiger partial charge in [-0.3, -0.25) is 0 Å². The summed E-state index contributed by atoms with van der Waals surface area (Å²) in [6.07, 6.45) is 0. The Morgan fingerprint density at radius 2 is 1.77 bits per heavy atom. The lowest BCUT2D eigenvalue weighted by Crippen LogP contribution is -2.19. The number of halogens is 1. The SMILES string of the molecule is CN(C)CCOc1ccc2c(c1)C(CN)c1cc(F)ccc1-2. The average molecular weight is 300 g/mol. The van der Waals surface area contributed by atoms with Crippen molar-refractivity contribution in [2.75, 3.05) is 33.8 Å². The molecule has 2 aromatic carbocycles. The number of nitrogens with zero attached hydrogens (tertiary/aromatic N) is 1. The minimum absolute atomic E-state index is 0.0399. The summed E-state index contributed by atoms with van der Waals surface area (Å²) in [6.45, 7) is 1.97. The topological polar surface area (TPSA) is 38.5 Å². The molecule has 0 aliphatic heterocycles. The Hall–Kier alpha value is -1.91. The van der Waals surface area contributed by atoms with E-state index in [2.05, 4.69) is 4.90 Å². The lowest BCUT2D eigenvalue weighted by molar-refractivity contribution is 0.261. The third-order valence-electron chi connectivity index (χ3n) is 4.12. The van der Waals surface area contributed by atoms with Gasteiger partial charge in [0.2, 0.25) is 0 Å². The van der Waals surface area contributed by atoms with E-state index in [1.165, 1.54) is 6.07 Å². The quantitative estimate of drug-likeness (QED) is 0.923. The summed E-state index contributed by atoms with van der Waals surface area (Å²) in [7, 11) is 4.03. The van der Waals surface area contributed by atoms with Crippen molar-refractivity contribution in [1.29, 1.82) is 0 Å². The number of likely N-dealkylation sites (N-methyl/N-ethyl adjacent to an activating group) is 1. The maximum Gasteiger partial charge on any atom is 0.123 e. The summed E-state index contributed by atoms with van der Waals surface area (Å²) in [5, 5.41) is 0. The van der Waals surface area contributed by atoms with Crippen LogP contribution in [0.5, 0.6) is 5.75 Å². The monoisotopic (exact) mass is 300 g/mol. The largest absolute Gasteiger partial charge is 0.492 e. The van der Waals surface area contributed by atoms with Crippen molar-refractivity contribution in [2.24, 2.45) is 5.73 Å². The van der Waals surface area contributed by atoms with Crippen LogP contribution >= 0.6 is 0 Å². The summed E-state index contributed by atoms with van der Waals surface area (Å²) in [4.78, 5) is 2.08. The minimum Gasteiger partial charge on any atom is -0.492 e. The summed E-state index contributed by atoms with van der Waals surface area (Å²) in [6, 6.07) is 11.0. The minimum atomic E-state index is -0.215. The fourth-order valence-corrected chi connectivity index (χ4v) is 3.00. The summed E-state index contributed by atoms with van der Waals surface area (Å²) in [5.74, 6) is 0.665. The number of fused-ring (bicyclic) bond motifs is 3. The fourth-order valence-electron chi connectivity index (χ4n) is 3.00. The van der Waals surface area contributed by atoms with Crippen LogP contribution < -0.4 is 10.5 Å². The van der Waals surface area contributed by atoms with Gasteiger partial charge in [0.05, 0.1) is 0 Å². The molecule has 1 aliphatic carbocycles. The highest BCUT2D eigenvalue weighted by Gasteiger charge is 2.28. The molecule has 2 N–H and O–H groups in total. The van der Waals surface area contributed by atoms with Crippen LogP contribution in [0.3, 0.4) is 0 Å². The van der Waals surface area contributed by atoms with Gasteiger partial charge in [0, 0.05) is 19.0 Å². The third kappa shape index (κ3) is 2.72. The second kappa shape index (κ2) is 6.07. The highest BCUT2D eigenvalue weighted by Crippen LogP contribution is 2.45. The first kappa shape index (κ1) is 15.0. The molecule has 22 heavy (non-hydrogen) atoms. The van der Waals surface area contributed by atoms with Crippen molar-refractivity contribution in [3.8, 4) is 16.9 Å². The first-order chi connectivity index (χ1) is 10.6. The predicted octanol–water partition coefficient (Wildman–Crippen LogP) is 2.84. The number of nitrogens with two attached hydrogens (primary N) is 1. The normalized spacial score (nSPS) is 15.8. The maximum absolute atomic E-state index is 13.5. The number of ether oxygens (including phenoxy) is 1. The molecular formula is C18H21FN2O. The zero-order valence-corrected chi connectivity index (χ0v) is 13.0. The summed E-state index contributed by atoms with van der Waals surface area (Å²) in [5.41, 5.74) is 10.2. The number of hydrogen-bond acceptors (Lipinski definition) is 3. The van der Waals surface area contributed by atoms with E-state index in [1.54, 1.807) is 6.07 Å². The zero-order chi connectivity index (χ0) is 15.7. The van der Waals surface area contributed by atoms with Crippen LogP contribution in [0, 0.1) is 5.82 Å². The van der Waals surface area contributed by atoms with Crippen LogP contribution in [0.25, 0.3) is 11.1 Å². The molecule has 3 nitrogen and oxygen atoms in total. The molecule has 0 saturated carbocycles. The first-order valence-corrected chi connectivity index (χ1v) is 7.51. The van der Waals surface area contributed by atoms with E-state index in [9.17, 15) is 4.39 Å². The molecule has 0 radical (unpaired) electrons. The molecule has 3 rings (SSSR count). The molecule has 1 aliphatic rings. The summed E-state index contributed by atoms with van der Waals surface area (Å²) < 4.78 is 19.3. The van der Waals surface area contributed by atoms with Crippen LogP contribution in [0.2, 0.25) is 0 Å². The van der Waals surface area contributed by atoms with Crippen molar-refractivity contribution in [3.63, 3.8) is 0 Å². The predicted molar refractivity (Wildman–Crippen MR) is 86.8 cm³/mol. The van der Waals surface area contributed by atoms with Gasteiger partial charge in [-0.2, -0.15) is 0 Å². The summed E-state index contributed by atoms with van der Waals surface area (Å²) >= 11 is 0. The molecule has 0 spiro atoms. The smallest absolute Gasteiger partial charge is 0.123 e. The maximum atomic E-state index is 13.5. The van der Waals surface area contributed by atoms with E-state index in [-0.39, 0.29) is 11.7 Å². The van der Waals surface area contributed by atoms with Crippen LogP contribution in [-0.2, 0) is 0 Å². The van der Waals surface area contributed by atoms with Gasteiger partial charge in [-0.15, -0.1) is 0 Å². The Morgan fingerprint density at radius 1 is 1.09 bits per heavy atom. The highest BCUT2D eigenvalue weighted by molar-refractivity contribution is 5.79. The van der Waals surface area contributed by atoms with E-state index in [1.807, 2.05) is 38.4 Å². The number of hydrogen-bond donors (Lipinski definition) is 1. The third-order valence-corrected chi connectivity index (χ3v) is 4.12. The standard InChI is InChI=1S/C18H21FN2O/c1-21(2)7-8-22-13-4-6-15-14-5-3-12(19)9-16(14)18(11-20)17(15)10-13/h3-6,9-10,18H,7-8,11,20H2,1-2H3. The average Bonchev–Trinajstić information content (AvgIpc) is 2.78. The molecule has 0 heterocycles. The Kier molecular flexibility index (Phi) is 4.14. The molecule has 0 amide bonds. The van der Waals surface area contributed by atoms with E-state index in [4.69, 9.17) is 10.5 Å². The lowest BCUT2D eigenvalue weighted by atomic mass is 9.97. The highest BCUT2D eigenvalue weighted by atomic mass is 19.1. The van der Waals surface area contributed by atoms with Crippen LogP contribution in [0.4, 0.5) is 4.39 Å². The molecule has 2 aromatic rings. The van der Waals surface area contributed by atoms with Crippen LogP contribution in [0.1, 0.15) is 17.0 Å². The molecule has 0 fully saturated rings. The molecule has 0 saturated heterocycles. The molecule has 116 valence electrons. The number of rotatable bonds is 5. The zero-order valence-electron chi connectivity index (χ0n) is 13.0. The Balaban J connectivity index is 1.90. The van der Waals surface area contributed by atoms with Gasteiger partial charge >= 0.3 is 0 Å². The Morgan fingerprint density at radius 3 is 2.45 bits per heavy atom. The molecule has 4 heteroatoms. The van der Waals surface area contributed by atoms with E-state index in [0.29, 0.717) is 13.2 Å².